The molecule has 0 atom stereocenters. The molecule has 0 spiro atoms. The highest BCUT2D eigenvalue weighted by Gasteiger charge is 2.34. The molecular formula is C31H34N10O3S. The zero-order valence-corrected chi connectivity index (χ0v) is 25.6. The van der Waals surface area contributed by atoms with Crippen molar-refractivity contribution in [2.45, 2.75) is 50.4 Å². The first-order valence-corrected chi connectivity index (χ1v) is 16.6. The van der Waals surface area contributed by atoms with Crippen molar-refractivity contribution in [2.24, 2.45) is 7.05 Å². The lowest BCUT2D eigenvalue weighted by atomic mass is 9.90. The van der Waals surface area contributed by atoms with Gasteiger partial charge in [-0.3, -0.25) is 9.58 Å². The number of aryl methyl sites for hydroxylation is 1. The summed E-state index contributed by atoms with van der Waals surface area (Å²) < 4.78 is 24.9. The molecule has 3 aromatic heterocycles. The number of carbonyl (C=O) groups is 1. The van der Waals surface area contributed by atoms with E-state index in [2.05, 4.69) is 37.1 Å². The normalized spacial score (nSPS) is 19.1. The van der Waals surface area contributed by atoms with Crippen LogP contribution in [0.15, 0.2) is 67.3 Å². The quantitative estimate of drug-likeness (QED) is 0.250. The number of carbonyl (C=O) groups excluding carboxylic acids is 1. The lowest BCUT2D eigenvalue weighted by Crippen LogP contribution is -2.49. The van der Waals surface area contributed by atoms with Gasteiger partial charge in [0.15, 0.2) is 9.84 Å². The van der Waals surface area contributed by atoms with E-state index in [0.29, 0.717) is 24.1 Å². The van der Waals surface area contributed by atoms with Crippen molar-refractivity contribution in [3.8, 4) is 17.2 Å². The van der Waals surface area contributed by atoms with Crippen LogP contribution in [-0.4, -0.2) is 68.8 Å². The van der Waals surface area contributed by atoms with Gasteiger partial charge in [0, 0.05) is 49.2 Å². The van der Waals surface area contributed by atoms with Gasteiger partial charge in [0.05, 0.1) is 29.9 Å². The number of hydrogen-bond donors (Lipinski definition) is 3. The summed E-state index contributed by atoms with van der Waals surface area (Å²) in [6, 6.07) is 15.2. The highest BCUT2D eigenvalue weighted by molar-refractivity contribution is 7.92. The fourth-order valence-corrected chi connectivity index (χ4v) is 7.03. The minimum Gasteiger partial charge on any atom is -0.364 e. The molecule has 3 N–H and O–H groups in total. The largest absolute Gasteiger partial charge is 0.364 e. The molecule has 6 rings (SSSR count). The third-order valence-electron chi connectivity index (χ3n) is 8.09. The molecule has 232 valence electrons. The van der Waals surface area contributed by atoms with Gasteiger partial charge < -0.3 is 16.0 Å². The monoisotopic (exact) mass is 626 g/mol. The summed E-state index contributed by atoms with van der Waals surface area (Å²) in [7, 11) is -1.16. The first-order chi connectivity index (χ1) is 21.8. The molecule has 0 radical (unpaired) electrons. The molecule has 14 heteroatoms. The molecule has 0 unspecified atom stereocenters. The summed E-state index contributed by atoms with van der Waals surface area (Å²) in [6.07, 6.45) is 9.88. The number of nitrogens with one attached hydrogen (secondary N) is 3. The van der Waals surface area contributed by atoms with Crippen LogP contribution in [0.1, 0.15) is 36.8 Å². The number of nitrogens with zero attached hydrogens (tertiary/aromatic N) is 7. The maximum Gasteiger partial charge on any atom is 0.323 e. The van der Waals surface area contributed by atoms with Crippen LogP contribution in [0, 0.1) is 11.3 Å². The van der Waals surface area contributed by atoms with E-state index in [4.69, 9.17) is 4.98 Å². The summed E-state index contributed by atoms with van der Waals surface area (Å²) in [5.74, 6) is 1.31. The highest BCUT2D eigenvalue weighted by atomic mass is 32.2. The fourth-order valence-electron chi connectivity index (χ4n) is 5.73. The van der Waals surface area contributed by atoms with Crippen LogP contribution in [0.3, 0.4) is 0 Å². The van der Waals surface area contributed by atoms with E-state index in [1.165, 1.54) is 6.20 Å². The average Bonchev–Trinajstić information content (AvgIpc) is 3.47. The Balaban J connectivity index is 1.13. The Hall–Kier alpha value is -5.03. The minimum absolute atomic E-state index is 0.0190. The van der Waals surface area contributed by atoms with E-state index < -0.39 is 9.84 Å². The third kappa shape index (κ3) is 7.21. The number of hydrogen-bond acceptors (Lipinski definition) is 10. The van der Waals surface area contributed by atoms with Gasteiger partial charge in [-0.15, -0.1) is 0 Å². The standard InChI is InChI=1S/C31H34N10O3S/c1-40-18-24(17-36-40)22-7-12-28(33-15-22)41(31(42)35-14-21-5-3-2-4-6-21)27-10-8-25(9-11-27)38-30-34-16-23(13-32)29(39-30)37-26-19-45(43,44)20-26/h2-7,12,15-18,25-27H,8-11,14,19-20H2,1H3,(H,35,42)(H2,34,37,38,39). The minimum atomic E-state index is -3.02. The van der Waals surface area contributed by atoms with E-state index in [0.717, 1.165) is 42.4 Å². The average molecular weight is 627 g/mol. The molecule has 1 saturated heterocycles. The number of rotatable bonds is 9. The van der Waals surface area contributed by atoms with Crippen molar-refractivity contribution in [2.75, 3.05) is 27.0 Å². The Morgan fingerprint density at radius 1 is 0.978 bits per heavy atom. The molecule has 4 heterocycles. The van der Waals surface area contributed by atoms with Gasteiger partial charge in [-0.05, 0) is 43.4 Å². The number of anilines is 3. The summed E-state index contributed by atoms with van der Waals surface area (Å²) in [6.45, 7) is 0.403. The zero-order chi connectivity index (χ0) is 31.4. The molecule has 1 aliphatic heterocycles. The summed E-state index contributed by atoms with van der Waals surface area (Å²) in [5.41, 5.74) is 3.13. The summed E-state index contributed by atoms with van der Waals surface area (Å²) >= 11 is 0. The number of nitriles is 1. The van der Waals surface area contributed by atoms with Crippen LogP contribution in [0.5, 0.6) is 0 Å². The zero-order valence-electron chi connectivity index (χ0n) is 24.8. The molecule has 1 saturated carbocycles. The van der Waals surface area contributed by atoms with Crippen LogP contribution >= 0.6 is 0 Å². The van der Waals surface area contributed by atoms with E-state index in [9.17, 15) is 18.5 Å². The van der Waals surface area contributed by atoms with Crippen molar-refractivity contribution >= 4 is 33.5 Å². The van der Waals surface area contributed by atoms with E-state index >= 15 is 0 Å². The van der Waals surface area contributed by atoms with Crippen molar-refractivity contribution in [1.82, 2.24) is 30.0 Å². The molecule has 4 aromatic rings. The Labute approximate surface area is 261 Å². The van der Waals surface area contributed by atoms with Gasteiger partial charge in [0.2, 0.25) is 5.95 Å². The van der Waals surface area contributed by atoms with E-state index in [1.54, 1.807) is 22.0 Å². The van der Waals surface area contributed by atoms with Crippen molar-refractivity contribution < 1.29 is 13.2 Å². The van der Waals surface area contributed by atoms with Gasteiger partial charge in [0.25, 0.3) is 0 Å². The van der Waals surface area contributed by atoms with Crippen LogP contribution in [0.4, 0.5) is 22.4 Å². The highest BCUT2D eigenvalue weighted by Crippen LogP contribution is 2.30. The fraction of sp³-hybridized carbons (Fsp3) is 0.355. The number of urea groups is 1. The lowest BCUT2D eigenvalue weighted by molar-refractivity contribution is 0.240. The van der Waals surface area contributed by atoms with Crippen molar-refractivity contribution in [3.63, 3.8) is 0 Å². The number of sulfone groups is 1. The van der Waals surface area contributed by atoms with Gasteiger partial charge in [0.1, 0.15) is 23.3 Å². The number of benzene rings is 1. The summed E-state index contributed by atoms with van der Waals surface area (Å²) in [4.78, 5) is 28.9. The number of aromatic nitrogens is 5. The third-order valence-corrected chi connectivity index (χ3v) is 9.91. The van der Waals surface area contributed by atoms with Gasteiger partial charge in [-0.2, -0.15) is 15.3 Å². The molecular weight excluding hydrogens is 592 g/mol. The molecule has 2 fully saturated rings. The van der Waals surface area contributed by atoms with Crippen molar-refractivity contribution in [3.05, 3.63) is 78.4 Å². The van der Waals surface area contributed by atoms with Crippen LogP contribution in [0.25, 0.3) is 11.1 Å². The second kappa shape index (κ2) is 12.9. The predicted octanol–water partition coefficient (Wildman–Crippen LogP) is 3.49. The van der Waals surface area contributed by atoms with Crippen LogP contribution < -0.4 is 20.9 Å². The van der Waals surface area contributed by atoms with Gasteiger partial charge >= 0.3 is 6.03 Å². The molecule has 2 aliphatic rings. The van der Waals surface area contributed by atoms with Crippen molar-refractivity contribution in [1.29, 1.82) is 5.26 Å². The maximum absolute atomic E-state index is 13.7. The lowest BCUT2D eigenvalue weighted by Gasteiger charge is -2.36. The van der Waals surface area contributed by atoms with Crippen LogP contribution in [0.2, 0.25) is 0 Å². The summed E-state index contributed by atoms with van der Waals surface area (Å²) in [5, 5.41) is 23.2. The Bertz CT molecular complexity index is 1790. The van der Waals surface area contributed by atoms with E-state index in [-0.39, 0.29) is 41.2 Å². The number of amides is 2. The molecule has 1 aliphatic carbocycles. The first kappa shape index (κ1) is 30.0. The smallest absolute Gasteiger partial charge is 0.323 e. The van der Waals surface area contributed by atoms with Gasteiger partial charge in [-0.25, -0.2) is 23.2 Å². The maximum atomic E-state index is 13.7. The number of pyridine rings is 1. The Morgan fingerprint density at radius 2 is 1.76 bits per heavy atom. The SMILES string of the molecule is Cn1cc(-c2ccc(N(C(=O)NCc3ccccc3)C3CCC(Nc4ncc(C#N)c(NC5CS(=O)(=O)C5)n4)CC3)nc2)cn1. The molecule has 0 bridgehead atoms. The molecule has 13 nitrogen and oxygen atoms in total. The second-order valence-corrected chi connectivity index (χ2v) is 13.6. The molecule has 45 heavy (non-hydrogen) atoms. The predicted molar refractivity (Wildman–Crippen MR) is 170 cm³/mol. The Kier molecular flexibility index (Phi) is 8.61. The first-order valence-electron chi connectivity index (χ1n) is 14.8. The Morgan fingerprint density at radius 3 is 2.40 bits per heavy atom. The molecule has 1 aromatic carbocycles. The van der Waals surface area contributed by atoms with Crippen LogP contribution in [-0.2, 0) is 23.4 Å². The van der Waals surface area contributed by atoms with E-state index in [1.807, 2.05) is 55.7 Å². The second-order valence-electron chi connectivity index (χ2n) is 11.5. The topological polar surface area (TPSA) is 171 Å². The van der Waals surface area contributed by atoms with Gasteiger partial charge in [-0.1, -0.05) is 30.3 Å². The molecule has 2 amide bonds.